The van der Waals surface area contributed by atoms with E-state index in [4.69, 9.17) is 9.47 Å². The number of rotatable bonds is 4. The lowest BCUT2D eigenvalue weighted by atomic mass is 10.2. The van der Waals surface area contributed by atoms with Crippen LogP contribution in [0, 0.1) is 17.5 Å². The minimum absolute atomic E-state index is 0.381. The number of benzene rings is 2. The molecule has 1 aliphatic heterocycles. The van der Waals surface area contributed by atoms with Crippen molar-refractivity contribution in [3.63, 3.8) is 0 Å². The molecule has 0 spiro atoms. The van der Waals surface area contributed by atoms with Crippen molar-refractivity contribution < 1.29 is 27.4 Å². The van der Waals surface area contributed by atoms with E-state index in [0.717, 1.165) is 12.1 Å². The highest BCUT2D eigenvalue weighted by molar-refractivity contribution is 5.96. The number of halogens is 3. The molecule has 1 amide bonds. The van der Waals surface area contributed by atoms with Gasteiger partial charge in [0.25, 0.3) is 0 Å². The van der Waals surface area contributed by atoms with Crippen LogP contribution in [-0.4, -0.2) is 25.2 Å². The van der Waals surface area contributed by atoms with Gasteiger partial charge in [0.2, 0.25) is 5.91 Å². The first-order chi connectivity index (χ1) is 12.0. The maximum atomic E-state index is 13.7. The minimum atomic E-state index is -1.64. The summed E-state index contributed by atoms with van der Waals surface area (Å²) in [5.74, 6) is -4.01. The van der Waals surface area contributed by atoms with Crippen molar-refractivity contribution in [2.24, 2.45) is 0 Å². The van der Waals surface area contributed by atoms with Crippen LogP contribution >= 0.6 is 0 Å². The number of nitrogens with one attached hydrogen (secondary N) is 2. The van der Waals surface area contributed by atoms with Crippen molar-refractivity contribution in [2.45, 2.75) is 13.0 Å². The summed E-state index contributed by atoms with van der Waals surface area (Å²) in [6.07, 6.45) is 0. The molecule has 0 bridgehead atoms. The molecular weight excluding hydrogens is 337 g/mol. The maximum Gasteiger partial charge on any atom is 0.246 e. The summed E-state index contributed by atoms with van der Waals surface area (Å²) in [5, 5.41) is 5.15. The van der Waals surface area contributed by atoms with Crippen LogP contribution in [-0.2, 0) is 4.79 Å². The normalized spacial score (nSPS) is 13.9. The average Bonchev–Trinajstić information content (AvgIpc) is 2.62. The fourth-order valence-electron chi connectivity index (χ4n) is 2.35. The SMILES string of the molecule is CC(Nc1cccc2c1OCCO2)C(=O)Nc1ccc(F)c(F)c1F. The molecule has 8 heteroatoms. The monoisotopic (exact) mass is 352 g/mol. The lowest BCUT2D eigenvalue weighted by Crippen LogP contribution is -2.32. The quantitative estimate of drug-likeness (QED) is 0.829. The number of ether oxygens (including phenoxy) is 2. The van der Waals surface area contributed by atoms with Crippen LogP contribution in [0.4, 0.5) is 24.5 Å². The zero-order valence-corrected chi connectivity index (χ0v) is 13.2. The summed E-state index contributed by atoms with van der Waals surface area (Å²) in [7, 11) is 0. The fraction of sp³-hybridized carbons (Fsp3) is 0.235. The molecule has 1 unspecified atom stereocenters. The number of carbonyl (C=O) groups is 1. The lowest BCUT2D eigenvalue weighted by molar-refractivity contribution is -0.116. The summed E-state index contributed by atoms with van der Waals surface area (Å²) < 4.78 is 50.8. The Balaban J connectivity index is 1.73. The summed E-state index contributed by atoms with van der Waals surface area (Å²) in [6.45, 7) is 2.35. The Morgan fingerprint density at radius 3 is 2.60 bits per heavy atom. The predicted octanol–water partition coefficient (Wildman–Crippen LogP) is 3.31. The Hall–Kier alpha value is -2.90. The van der Waals surface area contributed by atoms with Gasteiger partial charge in [-0.3, -0.25) is 4.79 Å². The van der Waals surface area contributed by atoms with E-state index in [2.05, 4.69) is 10.6 Å². The van der Waals surface area contributed by atoms with Gasteiger partial charge in [0, 0.05) is 0 Å². The van der Waals surface area contributed by atoms with Crippen LogP contribution in [0.3, 0.4) is 0 Å². The highest BCUT2D eigenvalue weighted by Gasteiger charge is 2.21. The third-order valence-electron chi connectivity index (χ3n) is 3.62. The van der Waals surface area contributed by atoms with Crippen molar-refractivity contribution >= 4 is 17.3 Å². The second kappa shape index (κ2) is 6.92. The fourth-order valence-corrected chi connectivity index (χ4v) is 2.35. The predicted molar refractivity (Wildman–Crippen MR) is 85.5 cm³/mol. The molecular formula is C17H15F3N2O3. The van der Waals surface area contributed by atoms with Gasteiger partial charge >= 0.3 is 0 Å². The zero-order chi connectivity index (χ0) is 18.0. The van der Waals surface area contributed by atoms with Gasteiger partial charge in [-0.15, -0.1) is 0 Å². The number of amides is 1. The van der Waals surface area contributed by atoms with E-state index in [0.29, 0.717) is 30.4 Å². The number of carbonyl (C=O) groups excluding carboxylic acids is 1. The average molecular weight is 352 g/mol. The van der Waals surface area contributed by atoms with E-state index < -0.39 is 35.1 Å². The van der Waals surface area contributed by atoms with E-state index in [-0.39, 0.29) is 0 Å². The minimum Gasteiger partial charge on any atom is -0.486 e. The molecule has 0 aliphatic carbocycles. The number of hydrogen-bond acceptors (Lipinski definition) is 4. The molecule has 25 heavy (non-hydrogen) atoms. The van der Waals surface area contributed by atoms with Gasteiger partial charge in [0.1, 0.15) is 19.3 Å². The first-order valence-electron chi connectivity index (χ1n) is 7.57. The van der Waals surface area contributed by atoms with Crippen LogP contribution in [0.1, 0.15) is 6.92 Å². The van der Waals surface area contributed by atoms with Crippen molar-refractivity contribution in [1.29, 1.82) is 0 Å². The van der Waals surface area contributed by atoms with Crippen LogP contribution in [0.2, 0.25) is 0 Å². The Labute approximate surface area is 141 Å². The first kappa shape index (κ1) is 16.9. The van der Waals surface area contributed by atoms with Gasteiger partial charge in [-0.2, -0.15) is 0 Å². The van der Waals surface area contributed by atoms with E-state index in [1.165, 1.54) is 6.92 Å². The van der Waals surface area contributed by atoms with E-state index >= 15 is 0 Å². The highest BCUT2D eigenvalue weighted by atomic mass is 19.2. The van der Waals surface area contributed by atoms with Gasteiger partial charge < -0.3 is 20.1 Å². The number of para-hydroxylation sites is 1. The van der Waals surface area contributed by atoms with Crippen molar-refractivity contribution in [3.05, 3.63) is 47.8 Å². The molecule has 0 saturated heterocycles. The molecule has 3 rings (SSSR count). The summed E-state index contributed by atoms with van der Waals surface area (Å²) >= 11 is 0. The van der Waals surface area contributed by atoms with Crippen molar-refractivity contribution in [1.82, 2.24) is 0 Å². The molecule has 132 valence electrons. The number of anilines is 2. The molecule has 0 saturated carbocycles. The van der Waals surface area contributed by atoms with E-state index in [1.54, 1.807) is 18.2 Å². The summed E-state index contributed by atoms with van der Waals surface area (Å²) in [5.41, 5.74) is 0.0952. The number of hydrogen-bond donors (Lipinski definition) is 2. The van der Waals surface area contributed by atoms with Crippen molar-refractivity contribution in [3.8, 4) is 11.5 Å². The Bertz CT molecular complexity index is 814. The summed E-state index contributed by atoms with van der Waals surface area (Å²) in [6, 6.07) is 6.07. The second-order valence-corrected chi connectivity index (χ2v) is 5.41. The van der Waals surface area contributed by atoms with Gasteiger partial charge in [-0.05, 0) is 31.2 Å². The van der Waals surface area contributed by atoms with Crippen LogP contribution in [0.15, 0.2) is 30.3 Å². The molecule has 1 heterocycles. The van der Waals surface area contributed by atoms with Crippen molar-refractivity contribution in [2.75, 3.05) is 23.8 Å². The van der Waals surface area contributed by atoms with Crippen LogP contribution in [0.25, 0.3) is 0 Å². The van der Waals surface area contributed by atoms with Crippen LogP contribution in [0.5, 0.6) is 11.5 Å². The van der Waals surface area contributed by atoms with Gasteiger partial charge in [0.05, 0.1) is 11.4 Å². The van der Waals surface area contributed by atoms with Gasteiger partial charge in [-0.25, -0.2) is 13.2 Å². The second-order valence-electron chi connectivity index (χ2n) is 5.41. The molecule has 2 aromatic rings. The smallest absolute Gasteiger partial charge is 0.246 e. The molecule has 0 aromatic heterocycles. The summed E-state index contributed by atoms with van der Waals surface area (Å²) in [4.78, 5) is 12.2. The first-order valence-corrected chi connectivity index (χ1v) is 7.57. The third kappa shape index (κ3) is 3.47. The Morgan fingerprint density at radius 2 is 1.80 bits per heavy atom. The van der Waals surface area contributed by atoms with E-state index in [9.17, 15) is 18.0 Å². The molecule has 1 atom stereocenters. The Morgan fingerprint density at radius 1 is 1.04 bits per heavy atom. The zero-order valence-electron chi connectivity index (χ0n) is 13.2. The standard InChI is InChI=1S/C17H15F3N2O3/c1-9(17(23)22-11-6-5-10(18)14(19)15(11)20)21-12-3-2-4-13-16(12)25-8-7-24-13/h2-6,9,21H,7-8H2,1H3,(H,22,23). The van der Waals surface area contributed by atoms with Gasteiger partial charge in [0.15, 0.2) is 29.0 Å². The molecule has 0 radical (unpaired) electrons. The molecule has 0 fully saturated rings. The molecule has 2 N–H and O–H groups in total. The number of fused-ring (bicyclic) bond motifs is 1. The van der Waals surface area contributed by atoms with Gasteiger partial charge in [-0.1, -0.05) is 6.07 Å². The van der Waals surface area contributed by atoms with E-state index in [1.807, 2.05) is 0 Å². The maximum absolute atomic E-state index is 13.7. The molecule has 5 nitrogen and oxygen atoms in total. The lowest BCUT2D eigenvalue weighted by Gasteiger charge is -2.23. The van der Waals surface area contributed by atoms with Crippen LogP contribution < -0.4 is 20.1 Å². The largest absolute Gasteiger partial charge is 0.486 e. The molecule has 2 aromatic carbocycles. The third-order valence-corrected chi connectivity index (χ3v) is 3.62. The topological polar surface area (TPSA) is 59.6 Å². The Kier molecular flexibility index (Phi) is 4.69. The molecule has 1 aliphatic rings. The highest BCUT2D eigenvalue weighted by Crippen LogP contribution is 2.37.